The third-order valence-electron chi connectivity index (χ3n) is 3.23. The molecule has 0 atom stereocenters. The molecule has 5 heteroatoms. The molecule has 0 unspecified atom stereocenters. The maximum Gasteiger partial charge on any atom is 0.335 e. The van der Waals surface area contributed by atoms with Crippen molar-refractivity contribution in [1.82, 2.24) is 0 Å². The van der Waals surface area contributed by atoms with Gasteiger partial charge in [-0.25, -0.2) is 9.18 Å². The summed E-state index contributed by atoms with van der Waals surface area (Å²) in [6, 6.07) is 14.7. The molecule has 0 fully saturated rings. The molecule has 0 radical (unpaired) electrons. The van der Waals surface area contributed by atoms with Gasteiger partial charge >= 0.3 is 5.97 Å². The van der Waals surface area contributed by atoms with E-state index in [1.165, 1.54) is 12.1 Å². The lowest BCUT2D eigenvalue weighted by Crippen LogP contribution is -2.10. The molecule has 0 N–H and O–H groups in total. The maximum atomic E-state index is 13.0. The van der Waals surface area contributed by atoms with E-state index in [-0.39, 0.29) is 12.6 Å². The molecule has 0 aliphatic carbocycles. The van der Waals surface area contributed by atoms with E-state index >= 15 is 0 Å². The molecule has 4 nitrogen and oxygen atoms in total. The SMILES string of the molecule is C=C(C)C(=O)OCOc1ccc(/C=C(\C#N)c2ccc(F)cc2)cc1. The van der Waals surface area contributed by atoms with Crippen LogP contribution >= 0.6 is 0 Å². The first kappa shape index (κ1) is 18.0. The minimum absolute atomic E-state index is 0.208. The van der Waals surface area contributed by atoms with Crippen LogP contribution in [-0.2, 0) is 9.53 Å². The highest BCUT2D eigenvalue weighted by atomic mass is 19.1. The molecule has 126 valence electrons. The van der Waals surface area contributed by atoms with Crippen LogP contribution in [-0.4, -0.2) is 12.8 Å². The summed E-state index contributed by atoms with van der Waals surface area (Å²) >= 11 is 0. The van der Waals surface area contributed by atoms with Crippen molar-refractivity contribution >= 4 is 17.6 Å². The molecule has 0 spiro atoms. The Kier molecular flexibility index (Phi) is 6.08. The Labute approximate surface area is 145 Å². The lowest BCUT2D eigenvalue weighted by Gasteiger charge is -2.07. The van der Waals surface area contributed by atoms with E-state index in [2.05, 4.69) is 12.6 Å². The van der Waals surface area contributed by atoms with Gasteiger partial charge in [0.25, 0.3) is 0 Å². The van der Waals surface area contributed by atoms with E-state index in [0.29, 0.717) is 22.5 Å². The molecule has 0 heterocycles. The highest BCUT2D eigenvalue weighted by Crippen LogP contribution is 2.20. The summed E-state index contributed by atoms with van der Waals surface area (Å²) in [6.07, 6.45) is 1.69. The van der Waals surface area contributed by atoms with E-state index in [9.17, 15) is 14.4 Å². The smallest absolute Gasteiger partial charge is 0.335 e. The summed E-state index contributed by atoms with van der Waals surface area (Å²) < 4.78 is 23.1. The Morgan fingerprint density at radius 1 is 1.20 bits per heavy atom. The van der Waals surface area contributed by atoms with Gasteiger partial charge < -0.3 is 9.47 Å². The third kappa shape index (κ3) is 5.33. The van der Waals surface area contributed by atoms with Gasteiger partial charge in [-0.05, 0) is 48.4 Å². The van der Waals surface area contributed by atoms with Gasteiger partial charge in [-0.15, -0.1) is 0 Å². The predicted octanol–water partition coefficient (Wildman–Crippen LogP) is 4.35. The van der Waals surface area contributed by atoms with Gasteiger partial charge in [0.15, 0.2) is 0 Å². The second-order valence-corrected chi connectivity index (χ2v) is 5.22. The standard InChI is InChI=1S/C20H16FNO3/c1-14(2)20(23)25-13-24-19-9-3-15(4-10-19)11-17(12-22)16-5-7-18(21)8-6-16/h3-11H,1,13H2,2H3/b17-11+. The van der Waals surface area contributed by atoms with Crippen molar-refractivity contribution in [3.63, 3.8) is 0 Å². The minimum Gasteiger partial charge on any atom is -0.457 e. The lowest BCUT2D eigenvalue weighted by molar-refractivity contribution is -0.145. The number of rotatable bonds is 6. The highest BCUT2D eigenvalue weighted by molar-refractivity contribution is 5.89. The number of esters is 1. The van der Waals surface area contributed by atoms with Crippen molar-refractivity contribution in [2.24, 2.45) is 0 Å². The topological polar surface area (TPSA) is 59.3 Å². The Morgan fingerprint density at radius 3 is 2.40 bits per heavy atom. The third-order valence-corrected chi connectivity index (χ3v) is 3.23. The molecular weight excluding hydrogens is 321 g/mol. The number of halogens is 1. The van der Waals surface area contributed by atoms with Crippen LogP contribution in [0.15, 0.2) is 60.7 Å². The maximum absolute atomic E-state index is 13.0. The number of hydrogen-bond acceptors (Lipinski definition) is 4. The number of carbonyl (C=O) groups is 1. The van der Waals surface area contributed by atoms with E-state index in [0.717, 1.165) is 5.56 Å². The molecule has 0 aromatic heterocycles. The van der Waals surface area contributed by atoms with Crippen molar-refractivity contribution in [1.29, 1.82) is 5.26 Å². The van der Waals surface area contributed by atoms with Crippen LogP contribution in [0.4, 0.5) is 4.39 Å². The second kappa shape index (κ2) is 8.46. The fraction of sp³-hybridized carbons (Fsp3) is 0.100. The first-order valence-electron chi connectivity index (χ1n) is 7.43. The Balaban J connectivity index is 2.03. The number of hydrogen-bond donors (Lipinski definition) is 0. The zero-order valence-electron chi connectivity index (χ0n) is 13.7. The minimum atomic E-state index is -0.516. The zero-order valence-corrected chi connectivity index (χ0v) is 13.7. The number of benzene rings is 2. The number of allylic oxidation sites excluding steroid dienone is 1. The lowest BCUT2D eigenvalue weighted by atomic mass is 10.0. The Morgan fingerprint density at radius 2 is 1.84 bits per heavy atom. The monoisotopic (exact) mass is 337 g/mol. The molecule has 0 saturated carbocycles. The summed E-state index contributed by atoms with van der Waals surface area (Å²) in [4.78, 5) is 11.2. The average Bonchev–Trinajstić information content (AvgIpc) is 2.61. The van der Waals surface area contributed by atoms with Crippen LogP contribution in [0.5, 0.6) is 5.75 Å². The molecule has 0 bridgehead atoms. The molecule has 2 aromatic carbocycles. The van der Waals surface area contributed by atoms with Crippen molar-refractivity contribution in [3.8, 4) is 11.8 Å². The van der Waals surface area contributed by atoms with Gasteiger partial charge in [0, 0.05) is 5.57 Å². The van der Waals surface area contributed by atoms with Crippen LogP contribution in [0.3, 0.4) is 0 Å². The normalized spacial score (nSPS) is 10.7. The molecular formula is C20H16FNO3. The van der Waals surface area contributed by atoms with Crippen LogP contribution < -0.4 is 4.74 Å². The first-order valence-corrected chi connectivity index (χ1v) is 7.43. The summed E-state index contributed by atoms with van der Waals surface area (Å²) in [6.45, 7) is 4.82. The molecule has 2 rings (SSSR count). The van der Waals surface area contributed by atoms with E-state index < -0.39 is 5.97 Å². The molecule has 25 heavy (non-hydrogen) atoms. The Hall–Kier alpha value is -3.39. The predicted molar refractivity (Wildman–Crippen MR) is 92.7 cm³/mol. The van der Waals surface area contributed by atoms with E-state index in [1.807, 2.05) is 0 Å². The van der Waals surface area contributed by atoms with Gasteiger partial charge in [-0.3, -0.25) is 0 Å². The summed E-state index contributed by atoms with van der Waals surface area (Å²) in [7, 11) is 0. The average molecular weight is 337 g/mol. The first-order chi connectivity index (χ1) is 12.0. The van der Waals surface area contributed by atoms with Crippen LogP contribution in [0.1, 0.15) is 18.1 Å². The van der Waals surface area contributed by atoms with Crippen molar-refractivity contribution in [2.75, 3.05) is 6.79 Å². The summed E-state index contributed by atoms with van der Waals surface area (Å²) in [5, 5.41) is 9.29. The van der Waals surface area contributed by atoms with Crippen molar-refractivity contribution in [2.45, 2.75) is 6.92 Å². The quantitative estimate of drug-likeness (QED) is 0.259. The zero-order chi connectivity index (χ0) is 18.2. The molecule has 0 aliphatic heterocycles. The number of ether oxygens (including phenoxy) is 2. The second-order valence-electron chi connectivity index (χ2n) is 5.22. The Bertz CT molecular complexity index is 831. The van der Waals surface area contributed by atoms with Crippen molar-refractivity contribution in [3.05, 3.63) is 77.6 Å². The highest BCUT2D eigenvalue weighted by Gasteiger charge is 2.04. The summed E-state index contributed by atoms with van der Waals surface area (Å²) in [5.41, 5.74) is 2.14. The summed E-state index contributed by atoms with van der Waals surface area (Å²) in [5.74, 6) is -0.348. The van der Waals surface area contributed by atoms with Crippen molar-refractivity contribution < 1.29 is 18.7 Å². The molecule has 0 aliphatic rings. The van der Waals surface area contributed by atoms with E-state index in [4.69, 9.17) is 9.47 Å². The fourth-order valence-corrected chi connectivity index (χ4v) is 1.91. The fourth-order valence-electron chi connectivity index (χ4n) is 1.91. The largest absolute Gasteiger partial charge is 0.457 e. The molecule has 2 aromatic rings. The van der Waals surface area contributed by atoms with E-state index in [1.54, 1.807) is 49.4 Å². The number of nitriles is 1. The van der Waals surface area contributed by atoms with Gasteiger partial charge in [-0.1, -0.05) is 30.8 Å². The van der Waals surface area contributed by atoms with Crippen LogP contribution in [0.2, 0.25) is 0 Å². The van der Waals surface area contributed by atoms with Gasteiger partial charge in [-0.2, -0.15) is 5.26 Å². The molecule has 0 amide bonds. The van der Waals surface area contributed by atoms with Crippen LogP contribution in [0.25, 0.3) is 11.6 Å². The molecule has 0 saturated heterocycles. The number of carbonyl (C=O) groups excluding carboxylic acids is 1. The number of nitrogens with zero attached hydrogens (tertiary/aromatic N) is 1. The van der Waals surface area contributed by atoms with Crippen LogP contribution in [0, 0.1) is 17.1 Å². The van der Waals surface area contributed by atoms with Gasteiger partial charge in [0.2, 0.25) is 6.79 Å². The van der Waals surface area contributed by atoms with Gasteiger partial charge in [0.05, 0.1) is 11.6 Å². The van der Waals surface area contributed by atoms with Gasteiger partial charge in [0.1, 0.15) is 11.6 Å².